The lowest BCUT2D eigenvalue weighted by Gasteiger charge is -2.35. The molecular weight excluding hydrogens is 286 g/mol. The van der Waals surface area contributed by atoms with E-state index in [0.29, 0.717) is 18.9 Å². The van der Waals surface area contributed by atoms with E-state index in [-0.39, 0.29) is 11.8 Å². The maximum absolute atomic E-state index is 11.9. The minimum Gasteiger partial charge on any atom is -0.286 e. The van der Waals surface area contributed by atoms with Crippen LogP contribution in [-0.2, 0) is 11.2 Å². The molecule has 1 saturated heterocycles. The number of carbonyl (C=O) groups excluding carboxylic acids is 1. The first-order valence-electron chi connectivity index (χ1n) is 8.32. The molecule has 0 aliphatic carbocycles. The first kappa shape index (κ1) is 15.8. The summed E-state index contributed by atoms with van der Waals surface area (Å²) in [5.41, 5.74) is 2.55. The molecule has 1 fully saturated rings. The number of nitrogens with zero attached hydrogens (tertiary/aromatic N) is 1. The Labute approximate surface area is 137 Å². The number of aryl methyl sites for hydroxylation is 1. The Morgan fingerprint density at radius 3 is 2.35 bits per heavy atom. The predicted molar refractivity (Wildman–Crippen MR) is 90.2 cm³/mol. The second-order valence-corrected chi connectivity index (χ2v) is 6.34. The van der Waals surface area contributed by atoms with Crippen LogP contribution in [0.5, 0.6) is 0 Å². The zero-order chi connectivity index (χ0) is 16.1. The number of amides is 1. The third-order valence-electron chi connectivity index (χ3n) is 4.77. The molecule has 120 valence electrons. The molecule has 0 saturated carbocycles. The van der Waals surface area contributed by atoms with Gasteiger partial charge in [0.25, 0.3) is 0 Å². The minimum atomic E-state index is -0.168. The fraction of sp³-hybridized carbons (Fsp3) is 0.350. The summed E-state index contributed by atoms with van der Waals surface area (Å²) in [6.45, 7) is 0.438. The average molecular weight is 309 g/mol. The van der Waals surface area contributed by atoms with Crippen molar-refractivity contribution in [3.05, 3.63) is 71.8 Å². The third-order valence-corrected chi connectivity index (χ3v) is 4.77. The highest BCUT2D eigenvalue weighted by Crippen LogP contribution is 2.35. The van der Waals surface area contributed by atoms with Gasteiger partial charge in [0.2, 0.25) is 5.91 Å². The Hall–Kier alpha value is -2.13. The number of carbonyl (C=O) groups is 1. The van der Waals surface area contributed by atoms with E-state index in [1.165, 1.54) is 11.1 Å². The van der Waals surface area contributed by atoms with Crippen molar-refractivity contribution in [2.75, 3.05) is 6.54 Å². The smallest absolute Gasteiger partial charge is 0.246 e. The summed E-state index contributed by atoms with van der Waals surface area (Å²) < 4.78 is 0. The van der Waals surface area contributed by atoms with E-state index < -0.39 is 0 Å². The number of benzene rings is 2. The number of rotatable bonds is 5. The van der Waals surface area contributed by atoms with Gasteiger partial charge in [0.15, 0.2) is 0 Å². The summed E-state index contributed by atoms with van der Waals surface area (Å²) in [5.74, 6) is 0.352. The predicted octanol–water partition coefficient (Wildman–Crippen LogP) is 4.03. The quantitative estimate of drug-likeness (QED) is 0.847. The summed E-state index contributed by atoms with van der Waals surface area (Å²) >= 11 is 0. The molecule has 1 aliphatic heterocycles. The van der Waals surface area contributed by atoms with E-state index >= 15 is 0 Å². The molecule has 2 unspecified atom stereocenters. The maximum Gasteiger partial charge on any atom is 0.246 e. The van der Waals surface area contributed by atoms with Crippen LogP contribution < -0.4 is 0 Å². The monoisotopic (exact) mass is 309 g/mol. The molecule has 23 heavy (non-hydrogen) atoms. The van der Waals surface area contributed by atoms with Gasteiger partial charge in [0.1, 0.15) is 0 Å². The van der Waals surface area contributed by atoms with Crippen LogP contribution in [0.4, 0.5) is 0 Å². The Kier molecular flexibility index (Phi) is 5.09. The second-order valence-electron chi connectivity index (χ2n) is 6.34. The zero-order valence-electron chi connectivity index (χ0n) is 13.3. The molecule has 3 nitrogen and oxygen atoms in total. The highest BCUT2D eigenvalue weighted by molar-refractivity contribution is 5.77. The van der Waals surface area contributed by atoms with Crippen molar-refractivity contribution in [3.63, 3.8) is 0 Å². The Morgan fingerprint density at radius 1 is 1.00 bits per heavy atom. The lowest BCUT2D eigenvalue weighted by molar-refractivity contribution is -0.175. The Morgan fingerprint density at radius 2 is 1.65 bits per heavy atom. The van der Waals surface area contributed by atoms with E-state index in [2.05, 4.69) is 36.4 Å². The molecule has 1 aliphatic rings. The fourth-order valence-electron chi connectivity index (χ4n) is 3.51. The summed E-state index contributed by atoms with van der Waals surface area (Å²) in [7, 11) is 0. The summed E-state index contributed by atoms with van der Waals surface area (Å²) in [5, 5.41) is 10.7. The Bertz CT molecular complexity index is 627. The number of hydrogen-bond acceptors (Lipinski definition) is 2. The first-order chi connectivity index (χ1) is 11.2. The van der Waals surface area contributed by atoms with Crippen molar-refractivity contribution in [2.45, 2.75) is 31.6 Å². The molecule has 3 rings (SSSR count). The van der Waals surface area contributed by atoms with Crippen molar-refractivity contribution in [3.8, 4) is 0 Å². The van der Waals surface area contributed by atoms with Gasteiger partial charge in [-0.15, -0.1) is 0 Å². The second kappa shape index (κ2) is 7.42. The highest BCUT2D eigenvalue weighted by atomic mass is 16.5. The third kappa shape index (κ3) is 3.99. The van der Waals surface area contributed by atoms with Gasteiger partial charge in [0, 0.05) is 6.42 Å². The van der Waals surface area contributed by atoms with Gasteiger partial charge in [-0.3, -0.25) is 10.0 Å². The molecular formula is C20H23NO2. The van der Waals surface area contributed by atoms with Gasteiger partial charge in [-0.25, -0.2) is 5.06 Å². The standard InChI is InChI=1S/C20H23NO2/c22-20-14-19(17-11-5-2-6-12-17)18(15-21(20)23)13-7-10-16-8-3-1-4-9-16/h1-6,8-9,11-12,18-19,23H,7,10,13-15H2. The molecule has 1 heterocycles. The summed E-state index contributed by atoms with van der Waals surface area (Å²) in [6.07, 6.45) is 3.52. The van der Waals surface area contributed by atoms with Crippen molar-refractivity contribution in [2.24, 2.45) is 5.92 Å². The van der Waals surface area contributed by atoms with Crippen LogP contribution in [0.2, 0.25) is 0 Å². The SMILES string of the molecule is O=C1CC(c2ccccc2)C(CCCc2ccccc2)CN1O. The summed E-state index contributed by atoms with van der Waals surface area (Å²) in [4.78, 5) is 11.9. The Balaban J connectivity index is 1.65. The van der Waals surface area contributed by atoms with Gasteiger partial charge in [-0.2, -0.15) is 0 Å². The molecule has 2 aromatic rings. The fourth-order valence-corrected chi connectivity index (χ4v) is 3.51. The van der Waals surface area contributed by atoms with Gasteiger partial charge >= 0.3 is 0 Å². The lowest BCUT2D eigenvalue weighted by Crippen LogP contribution is -2.41. The number of piperidine rings is 1. The van der Waals surface area contributed by atoms with Gasteiger partial charge < -0.3 is 0 Å². The topological polar surface area (TPSA) is 40.5 Å². The van der Waals surface area contributed by atoms with Gasteiger partial charge in [-0.1, -0.05) is 60.7 Å². The van der Waals surface area contributed by atoms with Crippen LogP contribution in [0, 0.1) is 5.92 Å². The largest absolute Gasteiger partial charge is 0.286 e. The average Bonchev–Trinajstić information content (AvgIpc) is 2.59. The molecule has 2 aromatic carbocycles. The molecule has 0 aromatic heterocycles. The lowest BCUT2D eigenvalue weighted by atomic mass is 9.78. The van der Waals surface area contributed by atoms with Crippen LogP contribution in [-0.4, -0.2) is 22.7 Å². The molecule has 3 heteroatoms. The van der Waals surface area contributed by atoms with Crippen molar-refractivity contribution in [1.82, 2.24) is 5.06 Å². The van der Waals surface area contributed by atoms with E-state index in [1.54, 1.807) is 0 Å². The van der Waals surface area contributed by atoms with Crippen molar-refractivity contribution >= 4 is 5.91 Å². The van der Waals surface area contributed by atoms with Crippen LogP contribution in [0.3, 0.4) is 0 Å². The molecule has 0 spiro atoms. The number of hydroxylamine groups is 2. The van der Waals surface area contributed by atoms with Gasteiger partial charge in [0.05, 0.1) is 6.54 Å². The highest BCUT2D eigenvalue weighted by Gasteiger charge is 2.34. The van der Waals surface area contributed by atoms with Crippen LogP contribution >= 0.6 is 0 Å². The van der Waals surface area contributed by atoms with Crippen LogP contribution in [0.15, 0.2) is 60.7 Å². The van der Waals surface area contributed by atoms with E-state index in [0.717, 1.165) is 24.3 Å². The van der Waals surface area contributed by atoms with Crippen LogP contribution in [0.1, 0.15) is 36.3 Å². The van der Waals surface area contributed by atoms with E-state index in [9.17, 15) is 10.0 Å². The first-order valence-corrected chi connectivity index (χ1v) is 8.32. The normalized spacial score (nSPS) is 21.4. The molecule has 1 amide bonds. The van der Waals surface area contributed by atoms with Crippen molar-refractivity contribution < 1.29 is 10.0 Å². The van der Waals surface area contributed by atoms with Gasteiger partial charge in [-0.05, 0) is 42.2 Å². The van der Waals surface area contributed by atoms with Crippen molar-refractivity contribution in [1.29, 1.82) is 0 Å². The molecule has 0 radical (unpaired) electrons. The minimum absolute atomic E-state index is 0.168. The maximum atomic E-state index is 11.9. The molecule has 0 bridgehead atoms. The summed E-state index contributed by atoms with van der Waals surface area (Å²) in [6, 6.07) is 20.7. The molecule has 2 atom stereocenters. The van der Waals surface area contributed by atoms with E-state index in [1.807, 2.05) is 24.3 Å². The molecule has 1 N–H and O–H groups in total. The number of hydrogen-bond donors (Lipinski definition) is 1. The van der Waals surface area contributed by atoms with E-state index in [4.69, 9.17) is 0 Å². The van der Waals surface area contributed by atoms with Crippen LogP contribution in [0.25, 0.3) is 0 Å². The zero-order valence-corrected chi connectivity index (χ0v) is 13.3.